The summed E-state index contributed by atoms with van der Waals surface area (Å²) in [5.41, 5.74) is 0. The Morgan fingerprint density at radius 1 is 1.53 bits per heavy atom. The lowest BCUT2D eigenvalue weighted by molar-refractivity contribution is -0.194. The highest BCUT2D eigenvalue weighted by Gasteiger charge is 2.49. The van der Waals surface area contributed by atoms with Gasteiger partial charge in [-0.15, -0.1) is 0 Å². The first kappa shape index (κ1) is 13.8. The third-order valence-electron chi connectivity index (χ3n) is 3.35. The lowest BCUT2D eigenvalue weighted by Crippen LogP contribution is -2.63. The van der Waals surface area contributed by atoms with Crippen LogP contribution in [0.1, 0.15) is 12.8 Å². The maximum Gasteiger partial charge on any atom is 0.339 e. The van der Waals surface area contributed by atoms with Gasteiger partial charge in [0.15, 0.2) is 6.10 Å². The number of amides is 1. The highest BCUT2D eigenvalue weighted by molar-refractivity contribution is 5.96. The lowest BCUT2D eigenvalue weighted by atomic mass is 9.96. The Morgan fingerprint density at radius 2 is 2.21 bits per heavy atom. The molecular weight excluding hydrogens is 258 g/mol. The summed E-state index contributed by atoms with van der Waals surface area (Å²) in [6, 6.07) is -0.850. The monoisotopic (exact) mass is 273 g/mol. The Morgan fingerprint density at radius 3 is 2.84 bits per heavy atom. The Hall–Kier alpha value is -1.67. The van der Waals surface area contributed by atoms with E-state index in [2.05, 4.69) is 4.74 Å². The quantitative estimate of drug-likeness (QED) is 0.549. The number of rotatable bonds is 2. The molecule has 2 saturated heterocycles. The van der Waals surface area contributed by atoms with Crippen molar-refractivity contribution in [3.8, 4) is 0 Å². The van der Waals surface area contributed by atoms with Crippen LogP contribution in [0, 0.1) is 0 Å². The topological polar surface area (TPSA) is 113 Å². The minimum atomic E-state index is -1.84. The Balaban J connectivity index is 2.16. The molecule has 0 bridgehead atoms. The average Bonchev–Trinajstić information content (AvgIpc) is 2.41. The van der Waals surface area contributed by atoms with Crippen molar-refractivity contribution in [3.05, 3.63) is 0 Å². The van der Waals surface area contributed by atoms with Crippen LogP contribution in [0.3, 0.4) is 0 Å². The van der Waals surface area contributed by atoms with Gasteiger partial charge < -0.3 is 24.6 Å². The molecule has 0 unspecified atom stereocenters. The van der Waals surface area contributed by atoms with Crippen molar-refractivity contribution in [3.63, 3.8) is 0 Å². The fraction of sp³-hybridized carbons (Fsp3) is 0.727. The van der Waals surface area contributed by atoms with Gasteiger partial charge >= 0.3 is 11.9 Å². The molecule has 2 aliphatic rings. The van der Waals surface area contributed by atoms with Crippen LogP contribution in [0.25, 0.3) is 0 Å². The van der Waals surface area contributed by atoms with Crippen LogP contribution in [0.4, 0.5) is 0 Å². The predicted octanol–water partition coefficient (Wildman–Crippen LogP) is -2.20. The minimum absolute atomic E-state index is 0.103. The largest absolute Gasteiger partial charge is 0.467 e. The van der Waals surface area contributed by atoms with E-state index in [0.717, 1.165) is 7.11 Å². The van der Waals surface area contributed by atoms with Gasteiger partial charge in [-0.3, -0.25) is 4.79 Å². The zero-order valence-electron chi connectivity index (χ0n) is 10.3. The number of piperidine rings is 1. The summed E-state index contributed by atoms with van der Waals surface area (Å²) in [6.45, 7) is 0.185. The van der Waals surface area contributed by atoms with E-state index >= 15 is 0 Å². The number of aliphatic hydroxyl groups is 2. The molecular formula is C11H15NO7. The van der Waals surface area contributed by atoms with E-state index in [1.54, 1.807) is 0 Å². The van der Waals surface area contributed by atoms with Gasteiger partial charge in [0, 0.05) is 13.0 Å². The number of carbonyl (C=O) groups excluding carboxylic acids is 3. The fourth-order valence-corrected chi connectivity index (χ4v) is 2.30. The first-order chi connectivity index (χ1) is 8.95. The number of ether oxygens (including phenoxy) is 2. The summed E-state index contributed by atoms with van der Waals surface area (Å²) in [5.74, 6) is -2.41. The highest BCUT2D eigenvalue weighted by Crippen LogP contribution is 2.26. The van der Waals surface area contributed by atoms with Gasteiger partial charge in [0.1, 0.15) is 6.04 Å². The van der Waals surface area contributed by atoms with Gasteiger partial charge in [-0.2, -0.15) is 0 Å². The Labute approximate surface area is 108 Å². The van der Waals surface area contributed by atoms with E-state index < -0.39 is 42.2 Å². The molecule has 19 heavy (non-hydrogen) atoms. The summed E-state index contributed by atoms with van der Waals surface area (Å²) < 4.78 is 9.12. The van der Waals surface area contributed by atoms with Crippen molar-refractivity contribution < 1.29 is 34.1 Å². The van der Waals surface area contributed by atoms with Crippen LogP contribution in [0.2, 0.25) is 0 Å². The standard InChI is InChI=1S/C11H15NO7/c1-18-11(17)7(14)8-9(15)12-3-2-5(13)4-6(12)10(16)19-8/h5-8,13-14H,2-4H2,1H3/t5-,6+,7+,8+/m1/s1. The van der Waals surface area contributed by atoms with Gasteiger partial charge in [0.05, 0.1) is 13.2 Å². The summed E-state index contributed by atoms with van der Waals surface area (Å²) >= 11 is 0. The summed E-state index contributed by atoms with van der Waals surface area (Å²) in [7, 11) is 1.06. The Kier molecular flexibility index (Phi) is 3.72. The van der Waals surface area contributed by atoms with Crippen molar-refractivity contribution >= 4 is 17.8 Å². The highest BCUT2D eigenvalue weighted by atomic mass is 16.6. The number of cyclic esters (lactones) is 1. The van der Waals surface area contributed by atoms with Crippen LogP contribution in [0.15, 0.2) is 0 Å². The van der Waals surface area contributed by atoms with Crippen molar-refractivity contribution in [2.75, 3.05) is 13.7 Å². The molecule has 8 nitrogen and oxygen atoms in total. The number of aliphatic hydroxyl groups excluding tert-OH is 2. The second-order valence-electron chi connectivity index (χ2n) is 4.55. The van der Waals surface area contributed by atoms with Gasteiger partial charge in [-0.05, 0) is 6.42 Å². The number of carbonyl (C=O) groups is 3. The molecule has 106 valence electrons. The van der Waals surface area contributed by atoms with Gasteiger partial charge in [-0.1, -0.05) is 0 Å². The summed E-state index contributed by atoms with van der Waals surface area (Å²) in [6.07, 6.45) is -3.63. The molecule has 0 radical (unpaired) electrons. The van der Waals surface area contributed by atoms with Gasteiger partial charge in [0.2, 0.25) is 6.10 Å². The second-order valence-corrected chi connectivity index (χ2v) is 4.55. The average molecular weight is 273 g/mol. The molecule has 0 aliphatic carbocycles. The van der Waals surface area contributed by atoms with Crippen LogP contribution < -0.4 is 0 Å². The smallest absolute Gasteiger partial charge is 0.339 e. The zero-order valence-corrected chi connectivity index (χ0v) is 10.3. The summed E-state index contributed by atoms with van der Waals surface area (Å²) in [4.78, 5) is 36.3. The van der Waals surface area contributed by atoms with E-state index in [-0.39, 0.29) is 13.0 Å². The second kappa shape index (κ2) is 5.14. The SMILES string of the molecule is COC(=O)[C@@H](O)[C@@H]1OC(=O)[C@@H]2C[C@H](O)CCN2C1=O. The van der Waals surface area contributed by atoms with Crippen molar-refractivity contribution in [2.45, 2.75) is 37.2 Å². The molecule has 4 atom stereocenters. The molecule has 2 aliphatic heterocycles. The fourth-order valence-electron chi connectivity index (χ4n) is 2.30. The normalized spacial score (nSPS) is 32.4. The first-order valence-corrected chi connectivity index (χ1v) is 5.90. The maximum atomic E-state index is 12.1. The summed E-state index contributed by atoms with van der Waals surface area (Å²) in [5, 5.41) is 19.1. The molecule has 1 amide bonds. The molecule has 8 heteroatoms. The molecule has 2 rings (SSSR count). The molecule has 0 aromatic carbocycles. The van der Waals surface area contributed by atoms with Gasteiger partial charge in [0.25, 0.3) is 5.91 Å². The van der Waals surface area contributed by atoms with Crippen LogP contribution in [-0.4, -0.2) is 71.0 Å². The number of fused-ring (bicyclic) bond motifs is 1. The molecule has 2 heterocycles. The third kappa shape index (κ3) is 2.41. The van der Waals surface area contributed by atoms with Crippen molar-refractivity contribution in [2.24, 2.45) is 0 Å². The number of hydrogen-bond acceptors (Lipinski definition) is 7. The number of methoxy groups -OCH3 is 1. The number of nitrogens with zero attached hydrogens (tertiary/aromatic N) is 1. The predicted molar refractivity (Wildman–Crippen MR) is 58.6 cm³/mol. The minimum Gasteiger partial charge on any atom is -0.467 e. The zero-order chi connectivity index (χ0) is 14.2. The van der Waals surface area contributed by atoms with Gasteiger partial charge in [-0.25, -0.2) is 9.59 Å². The van der Waals surface area contributed by atoms with Crippen LogP contribution in [0.5, 0.6) is 0 Å². The third-order valence-corrected chi connectivity index (χ3v) is 3.35. The van der Waals surface area contributed by atoms with Crippen molar-refractivity contribution in [1.82, 2.24) is 4.90 Å². The van der Waals surface area contributed by atoms with Crippen LogP contribution in [-0.2, 0) is 23.9 Å². The molecule has 0 aromatic rings. The maximum absolute atomic E-state index is 12.1. The molecule has 0 saturated carbocycles. The van der Waals surface area contributed by atoms with Crippen molar-refractivity contribution in [1.29, 1.82) is 0 Å². The first-order valence-electron chi connectivity index (χ1n) is 5.90. The van der Waals surface area contributed by atoms with E-state index in [0.29, 0.717) is 6.42 Å². The van der Waals surface area contributed by atoms with E-state index in [1.807, 2.05) is 0 Å². The van der Waals surface area contributed by atoms with E-state index in [1.165, 1.54) is 4.90 Å². The molecule has 0 spiro atoms. The van der Waals surface area contributed by atoms with Crippen LogP contribution >= 0.6 is 0 Å². The van der Waals surface area contributed by atoms with E-state index in [9.17, 15) is 24.6 Å². The number of esters is 2. The Bertz CT molecular complexity index is 410. The molecule has 0 aromatic heterocycles. The van der Waals surface area contributed by atoms with E-state index in [4.69, 9.17) is 4.74 Å². The number of hydrogen-bond donors (Lipinski definition) is 2. The number of morpholine rings is 1. The lowest BCUT2D eigenvalue weighted by Gasteiger charge is -2.42. The molecule has 2 N–H and O–H groups in total. The molecule has 2 fully saturated rings.